The van der Waals surface area contributed by atoms with Gasteiger partial charge in [-0.1, -0.05) is 60.7 Å². The number of ether oxygens (including phenoxy) is 4. The van der Waals surface area contributed by atoms with Gasteiger partial charge in [-0.05, 0) is 74.6 Å². The standard InChI is InChI=1S/C37H36N2O8/c1-37(2,3)47-36(43)39-29-16-17-30(35(42)46-24-26-13-8-5-9-14-26)28(21-29)15-10-18-44-33-31(34(40)41)19-27(22-38)20-32(33)45-23-25-11-6-4-7-12-25/h4-9,11-14,16-17,19-21H,10,15,18,23-24H2,1-3H3,(H,39,43)(H,40,41). The summed E-state index contributed by atoms with van der Waals surface area (Å²) >= 11 is 0. The zero-order valence-electron chi connectivity index (χ0n) is 26.4. The molecule has 4 rings (SSSR count). The summed E-state index contributed by atoms with van der Waals surface area (Å²) in [6, 6.07) is 28.1. The van der Waals surface area contributed by atoms with Crippen LogP contribution >= 0.6 is 0 Å². The Morgan fingerprint density at radius 1 is 0.830 bits per heavy atom. The van der Waals surface area contributed by atoms with Crippen molar-refractivity contribution in [1.82, 2.24) is 0 Å². The van der Waals surface area contributed by atoms with E-state index in [-0.39, 0.29) is 42.4 Å². The predicted molar refractivity (Wildman–Crippen MR) is 175 cm³/mol. The molecule has 0 saturated carbocycles. The van der Waals surface area contributed by atoms with Crippen LogP contribution in [0.2, 0.25) is 0 Å². The summed E-state index contributed by atoms with van der Waals surface area (Å²) in [5, 5.41) is 22.1. The summed E-state index contributed by atoms with van der Waals surface area (Å²) in [6.07, 6.45) is 0.0288. The molecule has 0 bridgehead atoms. The number of carboxylic acids is 1. The number of aryl methyl sites for hydroxylation is 1. The molecule has 0 aliphatic carbocycles. The predicted octanol–water partition coefficient (Wildman–Crippen LogP) is 7.55. The van der Waals surface area contributed by atoms with Crippen LogP contribution in [0.25, 0.3) is 0 Å². The van der Waals surface area contributed by atoms with E-state index in [0.29, 0.717) is 29.7 Å². The number of carbonyl (C=O) groups is 3. The molecule has 2 N–H and O–H groups in total. The number of carbonyl (C=O) groups excluding carboxylic acids is 2. The molecule has 0 saturated heterocycles. The summed E-state index contributed by atoms with van der Waals surface area (Å²) in [5.74, 6) is -1.69. The highest BCUT2D eigenvalue weighted by Crippen LogP contribution is 2.34. The van der Waals surface area contributed by atoms with Crippen LogP contribution in [0.5, 0.6) is 11.5 Å². The molecule has 4 aromatic carbocycles. The summed E-state index contributed by atoms with van der Waals surface area (Å²) in [7, 11) is 0. The Bertz CT molecular complexity index is 1740. The SMILES string of the molecule is CC(C)(C)OC(=O)Nc1ccc(C(=O)OCc2ccccc2)c(CCCOc2c(OCc3ccccc3)cc(C#N)cc2C(=O)O)c1. The van der Waals surface area contributed by atoms with Gasteiger partial charge in [0.1, 0.15) is 24.4 Å². The molecular weight excluding hydrogens is 600 g/mol. The normalized spacial score (nSPS) is 10.8. The average Bonchev–Trinajstić information content (AvgIpc) is 3.04. The number of hydrogen-bond donors (Lipinski definition) is 2. The molecule has 47 heavy (non-hydrogen) atoms. The number of rotatable bonds is 13. The van der Waals surface area contributed by atoms with E-state index in [1.54, 1.807) is 39.0 Å². The lowest BCUT2D eigenvalue weighted by molar-refractivity contribution is 0.0470. The molecule has 0 aliphatic rings. The van der Waals surface area contributed by atoms with Gasteiger partial charge in [0.05, 0.1) is 23.8 Å². The van der Waals surface area contributed by atoms with Gasteiger partial charge >= 0.3 is 18.0 Å². The smallest absolute Gasteiger partial charge is 0.412 e. The van der Waals surface area contributed by atoms with Crippen LogP contribution in [0.15, 0.2) is 91.0 Å². The van der Waals surface area contributed by atoms with Gasteiger partial charge in [-0.3, -0.25) is 5.32 Å². The number of nitrogens with one attached hydrogen (secondary N) is 1. The van der Waals surface area contributed by atoms with E-state index in [0.717, 1.165) is 11.1 Å². The summed E-state index contributed by atoms with van der Waals surface area (Å²) < 4.78 is 22.8. The summed E-state index contributed by atoms with van der Waals surface area (Å²) in [4.78, 5) is 37.7. The largest absolute Gasteiger partial charge is 0.489 e. The number of benzene rings is 4. The maximum Gasteiger partial charge on any atom is 0.412 e. The highest BCUT2D eigenvalue weighted by Gasteiger charge is 2.21. The molecule has 242 valence electrons. The first-order chi connectivity index (χ1) is 22.5. The van der Waals surface area contributed by atoms with E-state index in [2.05, 4.69) is 5.32 Å². The summed E-state index contributed by atoms with van der Waals surface area (Å²) in [5.41, 5.74) is 2.21. The number of amides is 1. The van der Waals surface area contributed by atoms with Crippen molar-refractivity contribution in [1.29, 1.82) is 5.26 Å². The molecule has 0 aliphatic heterocycles. The van der Waals surface area contributed by atoms with Crippen molar-refractivity contribution < 1.29 is 38.4 Å². The van der Waals surface area contributed by atoms with Crippen molar-refractivity contribution in [3.05, 3.63) is 124 Å². The highest BCUT2D eigenvalue weighted by atomic mass is 16.6. The van der Waals surface area contributed by atoms with Gasteiger partial charge in [-0.25, -0.2) is 14.4 Å². The van der Waals surface area contributed by atoms with Gasteiger partial charge in [0.15, 0.2) is 11.5 Å². The zero-order valence-corrected chi connectivity index (χ0v) is 26.4. The monoisotopic (exact) mass is 636 g/mol. The third-order valence-corrected chi connectivity index (χ3v) is 6.67. The second-order valence-electron chi connectivity index (χ2n) is 11.6. The van der Waals surface area contributed by atoms with Gasteiger partial charge in [-0.2, -0.15) is 5.26 Å². The minimum atomic E-state index is -1.27. The molecule has 0 spiro atoms. The highest BCUT2D eigenvalue weighted by molar-refractivity contribution is 5.93. The zero-order chi connectivity index (χ0) is 33.8. The maximum absolute atomic E-state index is 13.2. The molecule has 0 heterocycles. The van der Waals surface area contributed by atoms with Crippen LogP contribution in [-0.2, 0) is 29.1 Å². The quantitative estimate of drug-likeness (QED) is 0.112. The van der Waals surface area contributed by atoms with Gasteiger partial charge < -0.3 is 24.1 Å². The van der Waals surface area contributed by atoms with Gasteiger partial charge in [0, 0.05) is 11.8 Å². The van der Waals surface area contributed by atoms with Crippen molar-refractivity contribution in [3.63, 3.8) is 0 Å². The minimum Gasteiger partial charge on any atom is -0.489 e. The van der Waals surface area contributed by atoms with E-state index in [4.69, 9.17) is 18.9 Å². The van der Waals surface area contributed by atoms with Crippen molar-refractivity contribution in [3.8, 4) is 17.6 Å². The van der Waals surface area contributed by atoms with Crippen LogP contribution in [-0.4, -0.2) is 35.3 Å². The summed E-state index contributed by atoms with van der Waals surface area (Å²) in [6.45, 7) is 5.54. The number of esters is 1. The first-order valence-corrected chi connectivity index (χ1v) is 15.0. The fourth-order valence-electron chi connectivity index (χ4n) is 4.55. The minimum absolute atomic E-state index is 0.00438. The fraction of sp³-hybridized carbons (Fsp3) is 0.243. The molecular formula is C37H36N2O8. The Kier molecular flexibility index (Phi) is 11.6. The maximum atomic E-state index is 13.2. The Balaban J connectivity index is 1.52. The van der Waals surface area contributed by atoms with E-state index >= 15 is 0 Å². The van der Waals surface area contributed by atoms with Crippen LogP contribution < -0.4 is 14.8 Å². The lowest BCUT2D eigenvalue weighted by Gasteiger charge is -2.20. The molecule has 1 amide bonds. The second kappa shape index (κ2) is 16.0. The number of hydrogen-bond acceptors (Lipinski definition) is 8. The fourth-order valence-corrected chi connectivity index (χ4v) is 4.55. The molecule has 0 aromatic heterocycles. The molecule has 10 nitrogen and oxygen atoms in total. The Labute approximate surface area is 273 Å². The number of nitrogens with zero attached hydrogens (tertiary/aromatic N) is 1. The molecule has 0 fully saturated rings. The van der Waals surface area contributed by atoms with Gasteiger partial charge in [-0.15, -0.1) is 0 Å². The van der Waals surface area contributed by atoms with E-state index in [1.165, 1.54) is 12.1 Å². The van der Waals surface area contributed by atoms with E-state index in [1.807, 2.05) is 66.7 Å². The number of carboxylic acid groups (broad SMARTS) is 1. The molecule has 0 radical (unpaired) electrons. The van der Waals surface area contributed by atoms with Crippen molar-refractivity contribution in [2.24, 2.45) is 0 Å². The lowest BCUT2D eigenvalue weighted by Crippen LogP contribution is -2.27. The van der Waals surface area contributed by atoms with Crippen molar-refractivity contribution in [2.75, 3.05) is 11.9 Å². The van der Waals surface area contributed by atoms with Crippen LogP contribution in [0, 0.1) is 11.3 Å². The Morgan fingerprint density at radius 3 is 2.11 bits per heavy atom. The number of nitriles is 1. The van der Waals surface area contributed by atoms with Crippen LogP contribution in [0.1, 0.15) is 70.2 Å². The molecule has 10 heteroatoms. The first kappa shape index (κ1) is 34.1. The number of aromatic carboxylic acids is 1. The topological polar surface area (TPSA) is 144 Å². The van der Waals surface area contributed by atoms with E-state index in [9.17, 15) is 24.8 Å². The Morgan fingerprint density at radius 2 is 1.49 bits per heavy atom. The Hall–Kier alpha value is -5.82. The molecule has 0 unspecified atom stereocenters. The van der Waals surface area contributed by atoms with Crippen molar-refractivity contribution in [2.45, 2.75) is 52.4 Å². The van der Waals surface area contributed by atoms with Crippen LogP contribution in [0.4, 0.5) is 10.5 Å². The number of anilines is 1. The first-order valence-electron chi connectivity index (χ1n) is 15.0. The van der Waals surface area contributed by atoms with Crippen LogP contribution in [0.3, 0.4) is 0 Å². The van der Waals surface area contributed by atoms with Gasteiger partial charge in [0.2, 0.25) is 0 Å². The second-order valence-corrected chi connectivity index (χ2v) is 11.6. The molecule has 0 atom stereocenters. The lowest BCUT2D eigenvalue weighted by atomic mass is 10.0. The average molecular weight is 637 g/mol. The van der Waals surface area contributed by atoms with E-state index < -0.39 is 23.6 Å². The van der Waals surface area contributed by atoms with Crippen molar-refractivity contribution >= 4 is 23.7 Å². The molecule has 4 aromatic rings. The third-order valence-electron chi connectivity index (χ3n) is 6.67. The third kappa shape index (κ3) is 10.4. The van der Waals surface area contributed by atoms with Gasteiger partial charge in [0.25, 0.3) is 0 Å².